The molecule has 2 rings (SSSR count). The predicted molar refractivity (Wildman–Crippen MR) is 94.3 cm³/mol. The van der Waals surface area contributed by atoms with E-state index in [1.165, 1.54) is 0 Å². The van der Waals surface area contributed by atoms with Crippen LogP contribution in [0, 0.1) is 0 Å². The van der Waals surface area contributed by atoms with E-state index in [4.69, 9.17) is 9.84 Å². The first-order valence-electron chi connectivity index (χ1n) is 7.93. The van der Waals surface area contributed by atoms with Crippen molar-refractivity contribution in [1.82, 2.24) is 0 Å². The molecule has 0 spiro atoms. The smallest absolute Gasteiger partial charge is 0.716 e. The summed E-state index contributed by atoms with van der Waals surface area (Å²) in [5.74, 6) is -0.407. The van der Waals surface area contributed by atoms with Gasteiger partial charge in [0.15, 0.2) is 5.44 Å². The molecule has 13 heteroatoms. The minimum atomic E-state index is -5.06. The average Bonchev–Trinajstić information content (AvgIpc) is 2.63. The van der Waals surface area contributed by atoms with E-state index in [1.807, 2.05) is 6.07 Å². The summed E-state index contributed by atoms with van der Waals surface area (Å²) in [6.07, 6.45) is -5.49. The summed E-state index contributed by atoms with van der Waals surface area (Å²) in [7, 11) is -5.06. The van der Waals surface area contributed by atoms with Crippen molar-refractivity contribution in [3.8, 4) is 0 Å². The molecule has 0 aliphatic carbocycles. The molecule has 0 amide bonds. The molecule has 5 atom stereocenters. The standard InChI is InChI=1S/C15H21NO9S2.K/c17-8-10-12(18)13(19)14(20)15(24-10)26-16-11(25-27(21,22)23)7-6-9-4-2-1-3-5-9;/h1-5,10,12-15,17-20H,6-8H2,(H,21,22,23);/q;+1/p-1/t10-,12-,13+,14-,15+;/m1./s1. The number of ether oxygens (including phenoxy) is 1. The van der Waals surface area contributed by atoms with Crippen LogP contribution in [0.25, 0.3) is 0 Å². The van der Waals surface area contributed by atoms with Gasteiger partial charge in [-0.2, -0.15) is 4.40 Å². The van der Waals surface area contributed by atoms with Gasteiger partial charge in [0.1, 0.15) is 24.4 Å². The third-order valence-electron chi connectivity index (χ3n) is 3.78. The summed E-state index contributed by atoms with van der Waals surface area (Å²) in [6, 6.07) is 8.99. The van der Waals surface area contributed by atoms with Crippen molar-refractivity contribution in [2.75, 3.05) is 6.61 Å². The summed E-state index contributed by atoms with van der Waals surface area (Å²) in [5.41, 5.74) is -0.361. The van der Waals surface area contributed by atoms with E-state index in [-0.39, 0.29) is 57.8 Å². The van der Waals surface area contributed by atoms with Gasteiger partial charge < -0.3 is 33.9 Å². The quantitative estimate of drug-likeness (QED) is 0.0783. The van der Waals surface area contributed by atoms with Gasteiger partial charge >= 0.3 is 51.4 Å². The summed E-state index contributed by atoms with van der Waals surface area (Å²) in [6.45, 7) is -0.613. The SMILES string of the molecule is O=S(=O)([O-])OC(CCc1ccccc1)=NS[C@@H]1O[C@H](CO)[C@@H](O)[C@H](O)[C@H]1O.[K+]. The van der Waals surface area contributed by atoms with Crippen LogP contribution in [-0.2, 0) is 25.7 Å². The van der Waals surface area contributed by atoms with Crippen molar-refractivity contribution in [1.29, 1.82) is 0 Å². The van der Waals surface area contributed by atoms with Crippen molar-refractivity contribution in [3.05, 3.63) is 35.9 Å². The average molecular weight is 462 g/mol. The van der Waals surface area contributed by atoms with E-state index in [9.17, 15) is 28.3 Å². The zero-order valence-electron chi connectivity index (χ0n) is 15.0. The van der Waals surface area contributed by atoms with Gasteiger partial charge in [-0.15, -0.1) is 0 Å². The Balaban J connectivity index is 0.00000392. The van der Waals surface area contributed by atoms with Gasteiger partial charge in [0, 0.05) is 18.4 Å². The molecule has 0 saturated carbocycles. The first-order valence-corrected chi connectivity index (χ1v) is 10.1. The van der Waals surface area contributed by atoms with Crippen molar-refractivity contribution in [3.63, 3.8) is 0 Å². The van der Waals surface area contributed by atoms with Gasteiger partial charge in [0.25, 0.3) is 10.4 Å². The second-order valence-corrected chi connectivity index (χ2v) is 7.61. The normalized spacial score (nSPS) is 28.5. The molecule has 28 heavy (non-hydrogen) atoms. The zero-order valence-corrected chi connectivity index (χ0v) is 19.7. The van der Waals surface area contributed by atoms with Crippen molar-refractivity contribution in [2.45, 2.75) is 42.7 Å². The van der Waals surface area contributed by atoms with Gasteiger partial charge in [0.05, 0.1) is 6.61 Å². The molecule has 1 heterocycles. The van der Waals surface area contributed by atoms with E-state index in [1.54, 1.807) is 24.3 Å². The molecule has 10 nitrogen and oxygen atoms in total. The Kier molecular flexibility index (Phi) is 11.6. The summed E-state index contributed by atoms with van der Waals surface area (Å²) < 4.78 is 46.1. The Labute approximate surface area is 209 Å². The molecule has 1 saturated heterocycles. The molecule has 0 unspecified atom stereocenters. The summed E-state index contributed by atoms with van der Waals surface area (Å²) in [5, 5.41) is 38.6. The second kappa shape index (κ2) is 12.3. The third kappa shape index (κ3) is 8.26. The van der Waals surface area contributed by atoms with E-state index >= 15 is 0 Å². The fraction of sp³-hybridized carbons (Fsp3) is 0.533. The van der Waals surface area contributed by atoms with E-state index in [2.05, 4.69) is 8.58 Å². The number of nitrogens with zero attached hydrogens (tertiary/aromatic N) is 1. The van der Waals surface area contributed by atoms with E-state index in [0.29, 0.717) is 18.4 Å². The molecule has 1 aromatic carbocycles. The van der Waals surface area contributed by atoms with Gasteiger partial charge in [-0.3, -0.25) is 0 Å². The Morgan fingerprint density at radius 2 is 1.82 bits per heavy atom. The molecule has 152 valence electrons. The van der Waals surface area contributed by atoms with Crippen molar-refractivity contribution < 1.29 is 93.7 Å². The zero-order chi connectivity index (χ0) is 20.0. The third-order valence-corrected chi connectivity index (χ3v) is 5.08. The topological polar surface area (TPSA) is 169 Å². The molecule has 1 fully saturated rings. The van der Waals surface area contributed by atoms with Crippen LogP contribution in [0.4, 0.5) is 0 Å². The molecule has 1 aliphatic rings. The van der Waals surface area contributed by atoms with Crippen LogP contribution in [0.15, 0.2) is 34.7 Å². The number of rotatable bonds is 7. The van der Waals surface area contributed by atoms with Crippen molar-refractivity contribution >= 4 is 28.2 Å². The van der Waals surface area contributed by atoms with Crippen LogP contribution >= 0.6 is 11.9 Å². The monoisotopic (exact) mass is 461 g/mol. The molecule has 4 N–H and O–H groups in total. The molecule has 1 aromatic rings. The van der Waals surface area contributed by atoms with Crippen LogP contribution < -0.4 is 51.4 Å². The molecule has 1 aliphatic heterocycles. The number of benzene rings is 1. The van der Waals surface area contributed by atoms with Gasteiger partial charge in [-0.25, -0.2) is 8.42 Å². The number of hydrogen-bond acceptors (Lipinski definition) is 11. The Morgan fingerprint density at radius 1 is 1.18 bits per heavy atom. The Bertz CT molecular complexity index is 732. The summed E-state index contributed by atoms with van der Waals surface area (Å²) in [4.78, 5) is 0. The molecular weight excluding hydrogens is 441 g/mol. The maximum absolute atomic E-state index is 10.9. The predicted octanol–water partition coefficient (Wildman–Crippen LogP) is -4.05. The van der Waals surface area contributed by atoms with E-state index in [0.717, 1.165) is 5.56 Å². The van der Waals surface area contributed by atoms with Crippen molar-refractivity contribution in [2.24, 2.45) is 4.40 Å². The molecular formula is C15H20KNO9S2. The van der Waals surface area contributed by atoms with E-state index < -0.39 is 52.8 Å². The number of aliphatic hydroxyl groups excluding tert-OH is 4. The van der Waals surface area contributed by atoms with Crippen LogP contribution in [0.3, 0.4) is 0 Å². The van der Waals surface area contributed by atoms with Crippen LogP contribution in [-0.4, -0.2) is 75.8 Å². The fourth-order valence-electron chi connectivity index (χ4n) is 2.38. The number of hydrogen-bond donors (Lipinski definition) is 4. The number of aliphatic hydroxyl groups is 4. The first kappa shape index (κ1) is 26.4. The molecule has 0 radical (unpaired) electrons. The minimum absolute atomic E-state index is 0. The van der Waals surface area contributed by atoms with Gasteiger partial charge in [0.2, 0.25) is 5.90 Å². The minimum Gasteiger partial charge on any atom is -0.716 e. The fourth-order valence-corrected chi connectivity index (χ4v) is 3.61. The molecule has 0 aromatic heterocycles. The largest absolute Gasteiger partial charge is 1.00 e. The number of aryl methyl sites for hydroxylation is 1. The first-order chi connectivity index (χ1) is 12.7. The van der Waals surface area contributed by atoms with Gasteiger partial charge in [-0.1, -0.05) is 30.3 Å². The second-order valence-electron chi connectivity index (χ2n) is 5.76. The maximum atomic E-state index is 10.9. The Morgan fingerprint density at radius 3 is 2.39 bits per heavy atom. The Hall–Kier alpha value is 0.386. The van der Waals surface area contributed by atoms with Crippen LogP contribution in [0.1, 0.15) is 12.0 Å². The van der Waals surface area contributed by atoms with Crippen LogP contribution in [0.2, 0.25) is 0 Å². The van der Waals surface area contributed by atoms with Gasteiger partial charge in [-0.05, 0) is 12.0 Å². The summed E-state index contributed by atoms with van der Waals surface area (Å²) >= 11 is 0.519. The maximum Gasteiger partial charge on any atom is 1.00 e. The molecule has 0 bridgehead atoms. The van der Waals surface area contributed by atoms with Crippen LogP contribution in [0.5, 0.6) is 0 Å².